The van der Waals surface area contributed by atoms with Crippen molar-refractivity contribution in [2.75, 3.05) is 0 Å². The summed E-state index contributed by atoms with van der Waals surface area (Å²) in [7, 11) is 0. The number of carboxylic acid groups (broad SMARTS) is 1. The molecule has 0 aliphatic heterocycles. The Morgan fingerprint density at radius 1 is 1.27 bits per heavy atom. The average Bonchev–Trinajstić information content (AvgIpc) is 2.00. The second kappa shape index (κ2) is 5.50. The van der Waals surface area contributed by atoms with E-state index in [0.29, 0.717) is 12.1 Å². The molecule has 3 heteroatoms. The highest BCUT2D eigenvalue weighted by atomic mass is 16.4. The van der Waals surface area contributed by atoms with Gasteiger partial charge in [0, 0.05) is 17.6 Å². The van der Waals surface area contributed by atoms with Crippen LogP contribution in [0.1, 0.15) is 54.4 Å². The van der Waals surface area contributed by atoms with Gasteiger partial charge in [-0.15, -0.1) is 0 Å². The molecule has 0 aliphatic rings. The summed E-state index contributed by atoms with van der Waals surface area (Å²) in [6.45, 7) is 12.6. The topological polar surface area (TPSA) is 40.5 Å². The number of hydrogen-bond donors (Lipinski definition) is 1. The molecule has 1 N–H and O–H groups in total. The summed E-state index contributed by atoms with van der Waals surface area (Å²) >= 11 is 0. The van der Waals surface area contributed by atoms with Gasteiger partial charge >= 0.3 is 5.97 Å². The van der Waals surface area contributed by atoms with Crippen molar-refractivity contribution in [2.45, 2.75) is 72.0 Å². The normalized spacial score (nSPS) is 16.1. The third-order valence-corrected chi connectivity index (χ3v) is 3.03. The van der Waals surface area contributed by atoms with E-state index < -0.39 is 5.97 Å². The molecular weight excluding hydrogens is 190 g/mol. The van der Waals surface area contributed by atoms with Crippen LogP contribution >= 0.6 is 0 Å². The van der Waals surface area contributed by atoms with Crippen molar-refractivity contribution in [1.82, 2.24) is 4.90 Å². The zero-order valence-electron chi connectivity index (χ0n) is 10.9. The van der Waals surface area contributed by atoms with Gasteiger partial charge in [0.15, 0.2) is 0 Å². The molecule has 0 aliphatic carbocycles. The Kier molecular flexibility index (Phi) is 5.29. The number of rotatable bonds is 6. The molecule has 90 valence electrons. The van der Waals surface area contributed by atoms with Gasteiger partial charge in [-0.1, -0.05) is 6.92 Å². The molecule has 3 nitrogen and oxygen atoms in total. The molecular formula is C12H25NO2. The molecule has 0 radical (unpaired) electrons. The monoisotopic (exact) mass is 215 g/mol. The van der Waals surface area contributed by atoms with Crippen molar-refractivity contribution >= 4 is 5.97 Å². The fraction of sp³-hybridized carbons (Fsp3) is 0.917. The SMILES string of the molecule is CCC(C)(CC(=O)O)N(C(C)C)C(C)C. The van der Waals surface area contributed by atoms with Crippen LogP contribution in [0.3, 0.4) is 0 Å². The molecule has 0 saturated carbocycles. The molecule has 0 saturated heterocycles. The predicted molar refractivity (Wildman–Crippen MR) is 63.1 cm³/mol. The smallest absolute Gasteiger partial charge is 0.305 e. The minimum Gasteiger partial charge on any atom is -0.481 e. The Morgan fingerprint density at radius 3 is 1.87 bits per heavy atom. The lowest BCUT2D eigenvalue weighted by molar-refractivity contribution is -0.141. The third-order valence-electron chi connectivity index (χ3n) is 3.03. The van der Waals surface area contributed by atoms with Crippen molar-refractivity contribution in [3.63, 3.8) is 0 Å². The third kappa shape index (κ3) is 3.82. The second-order valence-corrected chi connectivity index (χ2v) is 5.02. The van der Waals surface area contributed by atoms with Crippen LogP contribution in [0.15, 0.2) is 0 Å². The van der Waals surface area contributed by atoms with Crippen LogP contribution in [0, 0.1) is 0 Å². The highest BCUT2D eigenvalue weighted by Crippen LogP contribution is 2.28. The van der Waals surface area contributed by atoms with Gasteiger partial charge in [0.25, 0.3) is 0 Å². The van der Waals surface area contributed by atoms with Gasteiger partial charge in [-0.3, -0.25) is 9.69 Å². The summed E-state index contributed by atoms with van der Waals surface area (Å²) < 4.78 is 0. The maximum Gasteiger partial charge on any atom is 0.305 e. The molecule has 0 fully saturated rings. The molecule has 0 rings (SSSR count). The summed E-state index contributed by atoms with van der Waals surface area (Å²) in [6.07, 6.45) is 1.06. The lowest BCUT2D eigenvalue weighted by atomic mass is 9.89. The standard InChI is InChI=1S/C12H25NO2/c1-7-12(6,8-11(14)15)13(9(2)3)10(4)5/h9-10H,7-8H2,1-6H3,(H,14,15). The molecule has 15 heavy (non-hydrogen) atoms. The number of carboxylic acids is 1. The van der Waals surface area contributed by atoms with Crippen molar-refractivity contribution in [2.24, 2.45) is 0 Å². The van der Waals surface area contributed by atoms with Crippen molar-refractivity contribution < 1.29 is 9.90 Å². The van der Waals surface area contributed by atoms with E-state index in [4.69, 9.17) is 5.11 Å². The van der Waals surface area contributed by atoms with Crippen LogP contribution in [-0.4, -0.2) is 33.6 Å². The Bertz CT molecular complexity index is 206. The first-order valence-electron chi connectivity index (χ1n) is 5.74. The maximum atomic E-state index is 10.9. The first-order valence-corrected chi connectivity index (χ1v) is 5.74. The molecule has 1 unspecified atom stereocenters. The van der Waals surface area contributed by atoms with Crippen LogP contribution in [0.5, 0.6) is 0 Å². The Labute approximate surface area is 93.5 Å². The lowest BCUT2D eigenvalue weighted by Gasteiger charge is -2.45. The van der Waals surface area contributed by atoms with E-state index in [2.05, 4.69) is 39.5 Å². The van der Waals surface area contributed by atoms with Crippen molar-refractivity contribution in [3.05, 3.63) is 0 Å². The Morgan fingerprint density at radius 2 is 1.67 bits per heavy atom. The summed E-state index contributed by atoms with van der Waals surface area (Å²) in [5.41, 5.74) is -0.242. The van der Waals surface area contributed by atoms with Gasteiger partial charge in [0.1, 0.15) is 0 Å². The maximum absolute atomic E-state index is 10.9. The number of carbonyl (C=O) groups is 1. The number of hydrogen-bond acceptors (Lipinski definition) is 2. The highest BCUT2D eigenvalue weighted by molar-refractivity contribution is 5.68. The highest BCUT2D eigenvalue weighted by Gasteiger charge is 2.35. The average molecular weight is 215 g/mol. The first-order chi connectivity index (χ1) is 6.74. The number of nitrogens with zero attached hydrogens (tertiary/aromatic N) is 1. The lowest BCUT2D eigenvalue weighted by Crippen LogP contribution is -2.54. The van der Waals surface area contributed by atoms with Crippen LogP contribution in [0.2, 0.25) is 0 Å². The van der Waals surface area contributed by atoms with Crippen molar-refractivity contribution in [3.8, 4) is 0 Å². The van der Waals surface area contributed by atoms with E-state index in [9.17, 15) is 4.79 Å². The van der Waals surface area contributed by atoms with Crippen molar-refractivity contribution in [1.29, 1.82) is 0 Å². The van der Waals surface area contributed by atoms with E-state index >= 15 is 0 Å². The molecule has 0 spiro atoms. The van der Waals surface area contributed by atoms with E-state index in [1.54, 1.807) is 0 Å². The first kappa shape index (κ1) is 14.4. The minimum atomic E-state index is -0.717. The van der Waals surface area contributed by atoms with Crippen LogP contribution in [0.4, 0.5) is 0 Å². The predicted octanol–water partition coefficient (Wildman–Crippen LogP) is 2.75. The van der Waals surface area contributed by atoms with Gasteiger partial charge in [0.2, 0.25) is 0 Å². The molecule has 0 amide bonds. The fourth-order valence-electron chi connectivity index (χ4n) is 2.57. The van der Waals surface area contributed by atoms with E-state index in [-0.39, 0.29) is 12.0 Å². The minimum absolute atomic E-state index is 0.208. The van der Waals surface area contributed by atoms with Crippen LogP contribution in [0.25, 0.3) is 0 Å². The fourth-order valence-corrected chi connectivity index (χ4v) is 2.57. The quantitative estimate of drug-likeness (QED) is 0.740. The van der Waals surface area contributed by atoms with Gasteiger partial charge in [0.05, 0.1) is 6.42 Å². The molecule has 0 aromatic carbocycles. The molecule has 0 bridgehead atoms. The summed E-state index contributed by atoms with van der Waals surface area (Å²) in [5.74, 6) is -0.717. The van der Waals surface area contributed by atoms with Gasteiger partial charge in [-0.2, -0.15) is 0 Å². The Hall–Kier alpha value is -0.570. The zero-order valence-corrected chi connectivity index (χ0v) is 10.9. The van der Waals surface area contributed by atoms with Crippen LogP contribution in [-0.2, 0) is 4.79 Å². The number of aliphatic carboxylic acids is 1. The van der Waals surface area contributed by atoms with E-state index in [1.165, 1.54) is 0 Å². The molecule has 0 heterocycles. The van der Waals surface area contributed by atoms with Gasteiger partial charge < -0.3 is 5.11 Å². The Balaban J connectivity index is 4.93. The molecule has 0 aromatic heterocycles. The van der Waals surface area contributed by atoms with Crippen LogP contribution < -0.4 is 0 Å². The largest absolute Gasteiger partial charge is 0.481 e. The molecule has 1 atom stereocenters. The zero-order chi connectivity index (χ0) is 12.2. The summed E-state index contributed by atoms with van der Waals surface area (Å²) in [5, 5.41) is 8.97. The molecule has 0 aromatic rings. The summed E-state index contributed by atoms with van der Waals surface area (Å²) in [6, 6.07) is 0.739. The summed E-state index contributed by atoms with van der Waals surface area (Å²) in [4.78, 5) is 13.2. The van der Waals surface area contributed by atoms with Gasteiger partial charge in [-0.05, 0) is 41.0 Å². The van der Waals surface area contributed by atoms with Gasteiger partial charge in [-0.25, -0.2) is 0 Å². The second-order valence-electron chi connectivity index (χ2n) is 5.02. The van der Waals surface area contributed by atoms with E-state index in [0.717, 1.165) is 6.42 Å². The van der Waals surface area contributed by atoms with E-state index in [1.807, 2.05) is 6.92 Å².